The number of benzene rings is 2. The second-order valence-corrected chi connectivity index (χ2v) is 14.1. The molecule has 7 rings (SSSR count). The number of imidazole rings is 1. The minimum absolute atomic E-state index is 0.151. The monoisotopic (exact) mass is 664 g/mol. The van der Waals surface area contributed by atoms with Crippen LogP contribution in [0.4, 0.5) is 14.6 Å². The summed E-state index contributed by atoms with van der Waals surface area (Å²) in [5.41, 5.74) is 2.50. The van der Waals surface area contributed by atoms with Crippen LogP contribution in [-0.4, -0.2) is 67.6 Å². The Bertz CT molecular complexity index is 1770. The number of aliphatic carboxylic acids is 1. The Morgan fingerprint density at radius 3 is 2.46 bits per heavy atom. The van der Waals surface area contributed by atoms with Crippen molar-refractivity contribution in [1.82, 2.24) is 14.4 Å². The van der Waals surface area contributed by atoms with E-state index in [1.165, 1.54) is 6.07 Å². The van der Waals surface area contributed by atoms with Crippen molar-refractivity contribution in [1.29, 1.82) is 0 Å². The number of ether oxygens (including phenoxy) is 2. The fraction of sp³-hybridized carbons (Fsp3) is 0.486. The number of rotatable bonds is 2. The molecule has 0 saturated carbocycles. The maximum Gasteiger partial charge on any atom is 0.308 e. The Balaban J connectivity index is 0.000000840. The van der Waals surface area contributed by atoms with Crippen molar-refractivity contribution < 1.29 is 33.3 Å². The van der Waals surface area contributed by atoms with Gasteiger partial charge in [0.1, 0.15) is 23.2 Å². The molecule has 5 heterocycles. The summed E-state index contributed by atoms with van der Waals surface area (Å²) in [6, 6.07) is 9.35. The minimum Gasteiger partial charge on any atom is -0.490 e. The Labute approximate surface area is 280 Å². The first-order valence-corrected chi connectivity index (χ1v) is 16.6. The van der Waals surface area contributed by atoms with Gasteiger partial charge in [0.05, 0.1) is 35.0 Å². The van der Waals surface area contributed by atoms with Crippen LogP contribution in [0.2, 0.25) is 0 Å². The molecule has 3 aliphatic rings. The molecule has 0 aliphatic carbocycles. The molecule has 9 nitrogen and oxygen atoms in total. The van der Waals surface area contributed by atoms with Crippen LogP contribution in [0.3, 0.4) is 0 Å². The van der Waals surface area contributed by atoms with Crippen LogP contribution in [0.5, 0.6) is 5.75 Å². The Morgan fingerprint density at radius 2 is 1.77 bits per heavy atom. The summed E-state index contributed by atoms with van der Waals surface area (Å²) in [5, 5.41) is 18.3. The highest BCUT2D eigenvalue weighted by Crippen LogP contribution is 2.38. The number of aryl methyl sites for hydroxylation is 1. The molecule has 1 unspecified atom stereocenters. The van der Waals surface area contributed by atoms with Gasteiger partial charge >= 0.3 is 5.97 Å². The molecule has 2 aromatic heterocycles. The molecule has 1 fully saturated rings. The number of carboxylic acids is 1. The number of hydrogen-bond donors (Lipinski definition) is 2. The Kier molecular flexibility index (Phi) is 10.4. The molecule has 2 aromatic carbocycles. The highest BCUT2D eigenvalue weighted by molar-refractivity contribution is 5.78. The number of nitrogens with zero attached hydrogens (tertiary/aromatic N) is 4. The van der Waals surface area contributed by atoms with Gasteiger partial charge in [0.25, 0.3) is 0 Å². The van der Waals surface area contributed by atoms with Gasteiger partial charge in [-0.25, -0.2) is 18.7 Å². The number of carbonyl (C=O) groups is 1. The third-order valence-corrected chi connectivity index (χ3v) is 8.59. The van der Waals surface area contributed by atoms with Gasteiger partial charge in [-0.1, -0.05) is 18.2 Å². The lowest BCUT2D eigenvalue weighted by atomic mass is 9.92. The van der Waals surface area contributed by atoms with Gasteiger partial charge < -0.3 is 24.6 Å². The summed E-state index contributed by atoms with van der Waals surface area (Å²) in [5.74, 6) is -0.974. The molecular formula is C37H46F2N4O5. The standard InChI is InChI=1S/C33H36F2N4O4.C4H10O/c1-20-7-4-5-14-42-33(3)10-12-38(13-11-33)31-25(18-29(40)41)21(2)36-32-37-27(19-39(31)32)22-8-6-9-23(15-22)30-26(35)16-24(34)17-28(30)43-20;1-4(2,3)5/h6,8-9,15-17,19-20H,4-5,7,10-14,18H2,1-3H3,(H,40,41);5H,1-3H3. The van der Waals surface area contributed by atoms with Gasteiger partial charge in [0.15, 0.2) is 0 Å². The number of aromatic nitrogens is 3. The molecule has 2 N–H and O–H groups in total. The lowest BCUT2D eigenvalue weighted by molar-refractivity contribution is -0.136. The van der Waals surface area contributed by atoms with E-state index in [-0.39, 0.29) is 29.4 Å². The zero-order valence-electron chi connectivity index (χ0n) is 28.6. The number of fused-ring (bicyclic) bond motifs is 8. The van der Waals surface area contributed by atoms with Gasteiger partial charge in [-0.2, -0.15) is 0 Å². The number of halogens is 2. The van der Waals surface area contributed by atoms with Crippen LogP contribution in [0.15, 0.2) is 42.6 Å². The summed E-state index contributed by atoms with van der Waals surface area (Å²) >= 11 is 0. The first-order valence-electron chi connectivity index (χ1n) is 16.6. The lowest BCUT2D eigenvalue weighted by Gasteiger charge is -2.41. The van der Waals surface area contributed by atoms with E-state index in [1.807, 2.05) is 36.6 Å². The van der Waals surface area contributed by atoms with Gasteiger partial charge in [-0.05, 0) is 85.3 Å². The van der Waals surface area contributed by atoms with Crippen molar-refractivity contribution in [2.75, 3.05) is 24.6 Å². The average molecular weight is 665 g/mol. The fourth-order valence-corrected chi connectivity index (χ4v) is 6.19. The zero-order chi connectivity index (χ0) is 34.8. The van der Waals surface area contributed by atoms with E-state index in [9.17, 15) is 14.3 Å². The van der Waals surface area contributed by atoms with Crippen LogP contribution >= 0.6 is 0 Å². The van der Waals surface area contributed by atoms with Crippen LogP contribution in [-0.2, 0) is 16.0 Å². The first-order chi connectivity index (χ1) is 22.6. The van der Waals surface area contributed by atoms with Crippen molar-refractivity contribution in [3.63, 3.8) is 0 Å². The minimum atomic E-state index is -0.932. The van der Waals surface area contributed by atoms with Gasteiger partial charge in [0.2, 0.25) is 5.78 Å². The number of anilines is 1. The molecule has 4 aromatic rings. The van der Waals surface area contributed by atoms with E-state index < -0.39 is 23.2 Å². The molecule has 3 aliphatic heterocycles. The lowest BCUT2D eigenvalue weighted by Crippen LogP contribution is -2.45. The number of hydrogen-bond acceptors (Lipinski definition) is 7. The summed E-state index contributed by atoms with van der Waals surface area (Å²) in [7, 11) is 0. The van der Waals surface area contributed by atoms with Crippen molar-refractivity contribution in [2.24, 2.45) is 0 Å². The molecule has 258 valence electrons. The Morgan fingerprint density at radius 1 is 1.08 bits per heavy atom. The van der Waals surface area contributed by atoms with E-state index in [0.29, 0.717) is 60.0 Å². The summed E-state index contributed by atoms with van der Waals surface area (Å²) < 4.78 is 44.1. The summed E-state index contributed by atoms with van der Waals surface area (Å²) in [6.45, 7) is 13.1. The molecule has 1 saturated heterocycles. The quantitative estimate of drug-likeness (QED) is 0.229. The smallest absolute Gasteiger partial charge is 0.308 e. The molecule has 1 atom stereocenters. The number of carboxylic acid groups (broad SMARTS) is 1. The van der Waals surface area contributed by atoms with Crippen molar-refractivity contribution in [3.8, 4) is 28.1 Å². The van der Waals surface area contributed by atoms with Gasteiger partial charge in [-0.3, -0.25) is 9.20 Å². The maximum atomic E-state index is 15.3. The first kappa shape index (κ1) is 35.2. The fourth-order valence-electron chi connectivity index (χ4n) is 6.19. The van der Waals surface area contributed by atoms with Crippen LogP contribution in [0, 0.1) is 18.6 Å². The molecular weight excluding hydrogens is 618 g/mol. The molecule has 0 amide bonds. The third-order valence-electron chi connectivity index (χ3n) is 8.59. The van der Waals surface area contributed by atoms with Gasteiger partial charge in [-0.15, -0.1) is 0 Å². The number of aliphatic hydroxyl groups is 1. The Hall–Kier alpha value is -4.09. The summed E-state index contributed by atoms with van der Waals surface area (Å²) in [4.78, 5) is 23.6. The van der Waals surface area contributed by atoms with E-state index in [0.717, 1.165) is 37.6 Å². The summed E-state index contributed by atoms with van der Waals surface area (Å²) in [6.07, 6.45) is 5.42. The van der Waals surface area contributed by atoms with E-state index in [1.54, 1.807) is 32.9 Å². The van der Waals surface area contributed by atoms with Gasteiger partial charge in [0, 0.05) is 54.8 Å². The molecule has 48 heavy (non-hydrogen) atoms. The topological polar surface area (TPSA) is 109 Å². The van der Waals surface area contributed by atoms with E-state index >= 15 is 4.39 Å². The van der Waals surface area contributed by atoms with E-state index in [4.69, 9.17) is 19.6 Å². The molecule has 0 radical (unpaired) electrons. The van der Waals surface area contributed by atoms with Crippen LogP contribution in [0.25, 0.3) is 28.2 Å². The van der Waals surface area contributed by atoms with Crippen LogP contribution < -0.4 is 9.64 Å². The average Bonchev–Trinajstić information content (AvgIpc) is 3.40. The normalized spacial score (nSPS) is 20.1. The molecule has 11 heteroatoms. The highest BCUT2D eigenvalue weighted by atomic mass is 19.1. The number of piperidine rings is 1. The largest absolute Gasteiger partial charge is 0.490 e. The second-order valence-electron chi connectivity index (χ2n) is 14.1. The molecule has 0 spiro atoms. The second kappa shape index (κ2) is 14.2. The SMILES string of the molecule is CC(C)(C)O.Cc1nc2nc3cn2c(c1CC(=O)O)N1CCC(C)(CC1)OCCCCC(C)Oc1cc(F)cc(F)c1-c1cccc-3c1. The van der Waals surface area contributed by atoms with Crippen molar-refractivity contribution >= 4 is 17.6 Å². The maximum absolute atomic E-state index is 15.3. The van der Waals surface area contributed by atoms with Crippen molar-refractivity contribution in [2.45, 2.75) is 97.4 Å². The van der Waals surface area contributed by atoms with E-state index in [2.05, 4.69) is 16.8 Å². The van der Waals surface area contributed by atoms with Crippen molar-refractivity contribution in [3.05, 3.63) is 65.5 Å². The zero-order valence-corrected chi connectivity index (χ0v) is 28.6. The predicted molar refractivity (Wildman–Crippen MR) is 182 cm³/mol. The predicted octanol–water partition coefficient (Wildman–Crippen LogP) is 7.38. The van der Waals surface area contributed by atoms with Crippen LogP contribution in [0.1, 0.15) is 78.0 Å². The highest BCUT2D eigenvalue weighted by Gasteiger charge is 2.33. The third kappa shape index (κ3) is 8.49. The molecule has 6 bridgehead atoms.